The van der Waals surface area contributed by atoms with Crippen LogP contribution in [0.3, 0.4) is 0 Å². The van der Waals surface area contributed by atoms with Crippen LogP contribution in [-0.2, 0) is 4.79 Å². The lowest BCUT2D eigenvalue weighted by molar-refractivity contribution is -0.136. The lowest BCUT2D eigenvalue weighted by atomic mass is 10.3. The van der Waals surface area contributed by atoms with E-state index in [1.165, 1.54) is 23.9 Å². The van der Waals surface area contributed by atoms with Gasteiger partial charge in [0.1, 0.15) is 5.82 Å². The number of carboxylic acid groups (broad SMARTS) is 1. The average molecular weight is 279 g/mol. The highest BCUT2D eigenvalue weighted by atomic mass is 79.9. The van der Waals surface area contributed by atoms with Crippen LogP contribution in [-0.4, -0.2) is 16.8 Å². The summed E-state index contributed by atoms with van der Waals surface area (Å²) in [5, 5.41) is 8.42. The van der Waals surface area contributed by atoms with Crippen molar-refractivity contribution >= 4 is 33.7 Å². The molecule has 0 aliphatic heterocycles. The summed E-state index contributed by atoms with van der Waals surface area (Å²) < 4.78 is 13.3. The second-order valence-electron chi connectivity index (χ2n) is 2.57. The standard InChI is InChI=1S/C9H8BrFO2S/c10-7-5-6(11)1-2-8(7)14-4-3-9(12)13/h1-2,5H,3-4H2,(H,12,13). The third-order valence-corrected chi connectivity index (χ3v) is 3.46. The summed E-state index contributed by atoms with van der Waals surface area (Å²) in [5.41, 5.74) is 0. The molecule has 0 atom stereocenters. The Hall–Kier alpha value is -0.550. The molecule has 0 amide bonds. The number of rotatable bonds is 4. The van der Waals surface area contributed by atoms with Crippen LogP contribution in [0.2, 0.25) is 0 Å². The predicted octanol–water partition coefficient (Wildman–Crippen LogP) is 3.16. The predicted molar refractivity (Wildman–Crippen MR) is 57.1 cm³/mol. The number of hydrogen-bond acceptors (Lipinski definition) is 2. The van der Waals surface area contributed by atoms with Gasteiger partial charge >= 0.3 is 5.97 Å². The van der Waals surface area contributed by atoms with E-state index < -0.39 is 5.97 Å². The van der Waals surface area contributed by atoms with Gasteiger partial charge in [-0.05, 0) is 34.1 Å². The third kappa shape index (κ3) is 3.67. The molecule has 0 aliphatic carbocycles. The van der Waals surface area contributed by atoms with Crippen molar-refractivity contribution in [3.8, 4) is 0 Å². The Labute approximate surface area is 93.6 Å². The van der Waals surface area contributed by atoms with E-state index in [1.54, 1.807) is 6.07 Å². The molecule has 2 nitrogen and oxygen atoms in total. The van der Waals surface area contributed by atoms with Crippen molar-refractivity contribution in [2.45, 2.75) is 11.3 Å². The molecule has 0 heterocycles. The molecule has 0 unspecified atom stereocenters. The molecule has 0 bridgehead atoms. The Kier molecular flexibility index (Phi) is 4.41. The average Bonchev–Trinajstić information content (AvgIpc) is 2.08. The van der Waals surface area contributed by atoms with E-state index in [2.05, 4.69) is 15.9 Å². The summed E-state index contributed by atoms with van der Waals surface area (Å²) >= 11 is 4.60. The highest BCUT2D eigenvalue weighted by Crippen LogP contribution is 2.28. The molecule has 0 aliphatic rings. The molecular weight excluding hydrogens is 271 g/mol. The Bertz CT molecular complexity index is 344. The first-order valence-corrected chi connectivity index (χ1v) is 5.67. The van der Waals surface area contributed by atoms with Crippen molar-refractivity contribution < 1.29 is 14.3 Å². The maximum atomic E-state index is 12.7. The fraction of sp³-hybridized carbons (Fsp3) is 0.222. The van der Waals surface area contributed by atoms with E-state index >= 15 is 0 Å². The van der Waals surface area contributed by atoms with Gasteiger partial charge in [-0.1, -0.05) is 0 Å². The van der Waals surface area contributed by atoms with Crippen LogP contribution >= 0.6 is 27.7 Å². The molecule has 0 fully saturated rings. The van der Waals surface area contributed by atoms with Gasteiger partial charge in [-0.2, -0.15) is 0 Å². The summed E-state index contributed by atoms with van der Waals surface area (Å²) in [7, 11) is 0. The number of carbonyl (C=O) groups is 1. The maximum Gasteiger partial charge on any atom is 0.304 e. The first-order valence-electron chi connectivity index (χ1n) is 3.89. The molecule has 1 N–H and O–H groups in total. The zero-order valence-electron chi connectivity index (χ0n) is 7.17. The van der Waals surface area contributed by atoms with E-state index in [1.807, 2.05) is 0 Å². The topological polar surface area (TPSA) is 37.3 Å². The summed E-state index contributed by atoms with van der Waals surface area (Å²) in [6.07, 6.45) is 0.106. The highest BCUT2D eigenvalue weighted by Gasteiger charge is 2.03. The molecule has 1 aromatic rings. The minimum absolute atomic E-state index is 0.106. The largest absolute Gasteiger partial charge is 0.481 e. The minimum atomic E-state index is -0.823. The van der Waals surface area contributed by atoms with Crippen LogP contribution in [0.15, 0.2) is 27.6 Å². The minimum Gasteiger partial charge on any atom is -0.481 e. The van der Waals surface area contributed by atoms with E-state index in [0.717, 1.165) is 4.90 Å². The zero-order valence-corrected chi connectivity index (χ0v) is 9.57. The molecule has 0 saturated heterocycles. The first kappa shape index (κ1) is 11.5. The zero-order chi connectivity index (χ0) is 10.6. The lowest BCUT2D eigenvalue weighted by Gasteiger charge is -2.02. The first-order chi connectivity index (χ1) is 6.59. The Morgan fingerprint density at radius 2 is 2.29 bits per heavy atom. The molecule has 76 valence electrons. The van der Waals surface area contributed by atoms with Crippen LogP contribution in [0.1, 0.15) is 6.42 Å². The normalized spacial score (nSPS) is 10.1. The van der Waals surface area contributed by atoms with Crippen molar-refractivity contribution in [1.82, 2.24) is 0 Å². The van der Waals surface area contributed by atoms with Gasteiger partial charge in [0.05, 0.1) is 6.42 Å². The van der Waals surface area contributed by atoms with Gasteiger partial charge in [-0.25, -0.2) is 4.39 Å². The Morgan fingerprint density at radius 1 is 1.57 bits per heavy atom. The van der Waals surface area contributed by atoms with Crippen molar-refractivity contribution in [1.29, 1.82) is 0 Å². The number of benzene rings is 1. The number of hydrogen-bond donors (Lipinski definition) is 1. The van der Waals surface area contributed by atoms with Crippen molar-refractivity contribution in [2.24, 2.45) is 0 Å². The van der Waals surface area contributed by atoms with Gasteiger partial charge in [-0.15, -0.1) is 11.8 Å². The van der Waals surface area contributed by atoms with Crippen LogP contribution in [0.25, 0.3) is 0 Å². The Balaban J connectivity index is 2.55. The third-order valence-electron chi connectivity index (χ3n) is 1.47. The van der Waals surface area contributed by atoms with Gasteiger partial charge in [-0.3, -0.25) is 4.79 Å². The van der Waals surface area contributed by atoms with Crippen molar-refractivity contribution in [3.63, 3.8) is 0 Å². The van der Waals surface area contributed by atoms with E-state index in [0.29, 0.717) is 10.2 Å². The molecule has 0 aromatic heterocycles. The second kappa shape index (κ2) is 5.36. The second-order valence-corrected chi connectivity index (χ2v) is 4.56. The summed E-state index contributed by atoms with van der Waals surface area (Å²) in [6, 6.07) is 4.35. The summed E-state index contributed by atoms with van der Waals surface area (Å²) in [5.74, 6) is -0.644. The Morgan fingerprint density at radius 3 is 2.86 bits per heavy atom. The SMILES string of the molecule is O=C(O)CCSc1ccc(F)cc1Br. The smallest absolute Gasteiger partial charge is 0.304 e. The monoisotopic (exact) mass is 278 g/mol. The summed E-state index contributed by atoms with van der Waals surface area (Å²) in [4.78, 5) is 11.1. The molecule has 0 radical (unpaired) electrons. The van der Waals surface area contributed by atoms with Crippen LogP contribution < -0.4 is 0 Å². The molecule has 1 rings (SSSR count). The molecule has 1 aromatic carbocycles. The van der Waals surface area contributed by atoms with Gasteiger partial charge in [0.15, 0.2) is 0 Å². The van der Waals surface area contributed by atoms with Gasteiger partial charge in [0.2, 0.25) is 0 Å². The van der Waals surface area contributed by atoms with E-state index in [-0.39, 0.29) is 12.2 Å². The van der Waals surface area contributed by atoms with Crippen LogP contribution in [0, 0.1) is 5.82 Å². The molecular formula is C9H8BrFO2S. The molecule has 0 saturated carbocycles. The van der Waals surface area contributed by atoms with Crippen molar-refractivity contribution in [3.05, 3.63) is 28.5 Å². The maximum absolute atomic E-state index is 12.7. The number of halogens is 2. The van der Waals surface area contributed by atoms with E-state index in [9.17, 15) is 9.18 Å². The number of carboxylic acids is 1. The van der Waals surface area contributed by atoms with Gasteiger partial charge in [0, 0.05) is 15.1 Å². The van der Waals surface area contributed by atoms with E-state index in [4.69, 9.17) is 5.11 Å². The summed E-state index contributed by atoms with van der Waals surface area (Å²) in [6.45, 7) is 0. The molecule has 0 spiro atoms. The van der Waals surface area contributed by atoms with Crippen molar-refractivity contribution in [2.75, 3.05) is 5.75 Å². The number of thioether (sulfide) groups is 1. The fourth-order valence-corrected chi connectivity index (χ4v) is 2.39. The fourth-order valence-electron chi connectivity index (χ4n) is 0.841. The van der Waals surface area contributed by atoms with Gasteiger partial charge in [0.25, 0.3) is 0 Å². The lowest BCUT2D eigenvalue weighted by Crippen LogP contribution is -1.95. The van der Waals surface area contributed by atoms with Gasteiger partial charge < -0.3 is 5.11 Å². The highest BCUT2D eigenvalue weighted by molar-refractivity contribution is 9.10. The molecule has 14 heavy (non-hydrogen) atoms. The molecule has 5 heteroatoms. The number of aliphatic carboxylic acids is 1. The van der Waals surface area contributed by atoms with Crippen LogP contribution in [0.4, 0.5) is 4.39 Å². The van der Waals surface area contributed by atoms with Crippen LogP contribution in [0.5, 0.6) is 0 Å². The quantitative estimate of drug-likeness (QED) is 0.860.